The number of hydrogen-bond donors (Lipinski definition) is 2. The quantitative estimate of drug-likeness (QED) is 0.253. The molecule has 0 fully saturated rings. The number of halogens is 1. The Morgan fingerprint density at radius 2 is 1.61 bits per heavy atom. The fraction of sp³-hybridized carbons (Fsp3) is 0.0714. The molecule has 2 amide bonds. The van der Waals surface area contributed by atoms with Crippen molar-refractivity contribution < 1.29 is 9.59 Å². The molecule has 2 N–H and O–H groups in total. The molecule has 178 valence electrons. The SMILES string of the molecule is O=C(NC(Cc1ccccc1)C(=O)Nc1nnc(-c2cccc(Br)c2)s1)c1ccc2ccccc2c1. The van der Waals surface area contributed by atoms with Crippen LogP contribution in [0, 0.1) is 0 Å². The Labute approximate surface area is 220 Å². The highest BCUT2D eigenvalue weighted by atomic mass is 79.9. The molecular formula is C28H21BrN4O2S. The topological polar surface area (TPSA) is 84.0 Å². The van der Waals surface area contributed by atoms with E-state index in [2.05, 4.69) is 36.8 Å². The Bertz CT molecular complexity index is 1540. The van der Waals surface area contributed by atoms with Crippen LogP contribution in [0.25, 0.3) is 21.3 Å². The Morgan fingerprint density at radius 1 is 0.833 bits per heavy atom. The van der Waals surface area contributed by atoms with Gasteiger partial charge < -0.3 is 5.32 Å². The van der Waals surface area contributed by atoms with Crippen LogP contribution in [0.15, 0.2) is 102 Å². The summed E-state index contributed by atoms with van der Waals surface area (Å²) in [7, 11) is 0. The van der Waals surface area contributed by atoms with Gasteiger partial charge in [0.05, 0.1) is 0 Å². The highest BCUT2D eigenvalue weighted by Crippen LogP contribution is 2.28. The van der Waals surface area contributed by atoms with Gasteiger partial charge in [0.25, 0.3) is 5.91 Å². The second-order valence-corrected chi connectivity index (χ2v) is 10.1. The molecule has 0 spiro atoms. The fourth-order valence-electron chi connectivity index (χ4n) is 3.84. The average Bonchev–Trinajstić information content (AvgIpc) is 3.37. The third-order valence-corrected chi connectivity index (χ3v) is 7.02. The maximum Gasteiger partial charge on any atom is 0.251 e. The van der Waals surface area contributed by atoms with Crippen LogP contribution < -0.4 is 10.6 Å². The molecule has 5 aromatic rings. The predicted octanol–water partition coefficient (Wildman–Crippen LogP) is 6.10. The van der Waals surface area contributed by atoms with Crippen LogP contribution in [-0.4, -0.2) is 28.1 Å². The molecule has 8 heteroatoms. The summed E-state index contributed by atoms with van der Waals surface area (Å²) < 4.78 is 0.931. The number of nitrogens with zero attached hydrogens (tertiary/aromatic N) is 2. The van der Waals surface area contributed by atoms with Gasteiger partial charge in [-0.15, -0.1) is 10.2 Å². The number of fused-ring (bicyclic) bond motifs is 1. The van der Waals surface area contributed by atoms with Gasteiger partial charge in [0.1, 0.15) is 11.0 Å². The number of benzene rings is 4. The lowest BCUT2D eigenvalue weighted by atomic mass is 10.0. The molecule has 0 bridgehead atoms. The van der Waals surface area contributed by atoms with E-state index in [4.69, 9.17) is 0 Å². The van der Waals surface area contributed by atoms with E-state index < -0.39 is 6.04 Å². The van der Waals surface area contributed by atoms with Crippen molar-refractivity contribution in [2.75, 3.05) is 5.32 Å². The van der Waals surface area contributed by atoms with Crippen molar-refractivity contribution in [2.24, 2.45) is 0 Å². The lowest BCUT2D eigenvalue weighted by molar-refractivity contribution is -0.118. The van der Waals surface area contributed by atoms with Gasteiger partial charge in [0.15, 0.2) is 0 Å². The van der Waals surface area contributed by atoms with Crippen LogP contribution in [0.2, 0.25) is 0 Å². The summed E-state index contributed by atoms with van der Waals surface area (Å²) in [5.41, 5.74) is 2.32. The highest BCUT2D eigenvalue weighted by Gasteiger charge is 2.23. The lowest BCUT2D eigenvalue weighted by Gasteiger charge is -2.18. The molecular weight excluding hydrogens is 536 g/mol. The number of rotatable bonds is 7. The van der Waals surface area contributed by atoms with Gasteiger partial charge in [0, 0.05) is 22.0 Å². The Hall–Kier alpha value is -3.88. The smallest absolute Gasteiger partial charge is 0.251 e. The van der Waals surface area contributed by atoms with Crippen molar-refractivity contribution in [1.29, 1.82) is 0 Å². The Morgan fingerprint density at radius 3 is 2.42 bits per heavy atom. The molecule has 0 saturated heterocycles. The summed E-state index contributed by atoms with van der Waals surface area (Å²) in [5.74, 6) is -0.672. The molecule has 36 heavy (non-hydrogen) atoms. The van der Waals surface area contributed by atoms with Crippen molar-refractivity contribution in [2.45, 2.75) is 12.5 Å². The first-order valence-electron chi connectivity index (χ1n) is 11.3. The molecule has 4 aromatic carbocycles. The van der Waals surface area contributed by atoms with Crippen molar-refractivity contribution in [3.63, 3.8) is 0 Å². The van der Waals surface area contributed by atoms with Gasteiger partial charge in [0.2, 0.25) is 11.0 Å². The maximum atomic E-state index is 13.3. The van der Waals surface area contributed by atoms with Crippen molar-refractivity contribution in [3.8, 4) is 10.6 Å². The summed E-state index contributed by atoms with van der Waals surface area (Å²) in [6.07, 6.45) is 0.337. The summed E-state index contributed by atoms with van der Waals surface area (Å²) in [4.78, 5) is 26.4. The van der Waals surface area contributed by atoms with Gasteiger partial charge in [-0.2, -0.15) is 0 Å². The minimum atomic E-state index is -0.801. The van der Waals surface area contributed by atoms with Crippen LogP contribution >= 0.6 is 27.3 Å². The standard InChI is InChI=1S/C28H21BrN4O2S/c29-23-12-6-11-22(17-23)27-32-33-28(36-27)31-26(35)24(15-18-7-2-1-3-8-18)30-25(34)21-14-13-19-9-4-5-10-20(19)16-21/h1-14,16-17,24H,15H2,(H,30,34)(H,31,33,35). The van der Waals surface area contributed by atoms with Crippen LogP contribution in [0.3, 0.4) is 0 Å². The van der Waals surface area contributed by atoms with Crippen LogP contribution in [0.5, 0.6) is 0 Å². The molecule has 5 rings (SSSR count). The molecule has 1 heterocycles. The second-order valence-electron chi connectivity index (χ2n) is 8.19. The summed E-state index contributed by atoms with van der Waals surface area (Å²) in [5, 5.41) is 17.1. The van der Waals surface area contributed by atoms with Crippen LogP contribution in [-0.2, 0) is 11.2 Å². The first-order valence-corrected chi connectivity index (χ1v) is 12.9. The second kappa shape index (κ2) is 10.8. The zero-order chi connectivity index (χ0) is 24.9. The number of aromatic nitrogens is 2. The number of carbonyl (C=O) groups excluding carboxylic acids is 2. The molecule has 1 atom stereocenters. The van der Waals surface area contributed by atoms with Crippen molar-refractivity contribution in [3.05, 3.63) is 113 Å². The van der Waals surface area contributed by atoms with Gasteiger partial charge in [-0.3, -0.25) is 14.9 Å². The zero-order valence-corrected chi connectivity index (χ0v) is 21.4. The maximum absolute atomic E-state index is 13.3. The largest absolute Gasteiger partial charge is 0.340 e. The fourth-order valence-corrected chi connectivity index (χ4v) is 4.98. The van der Waals surface area contributed by atoms with Gasteiger partial charge in [-0.1, -0.05) is 100 Å². The normalized spacial score (nSPS) is 11.7. The van der Waals surface area contributed by atoms with E-state index >= 15 is 0 Å². The predicted molar refractivity (Wildman–Crippen MR) is 147 cm³/mol. The number of anilines is 1. The first kappa shape index (κ1) is 23.8. The molecule has 0 saturated carbocycles. The number of nitrogens with one attached hydrogen (secondary N) is 2. The summed E-state index contributed by atoms with van der Waals surface area (Å²) in [6, 6.07) is 29.8. The monoisotopic (exact) mass is 556 g/mol. The molecule has 1 aromatic heterocycles. The molecule has 0 aliphatic carbocycles. The van der Waals surface area contributed by atoms with E-state index in [0.29, 0.717) is 22.1 Å². The van der Waals surface area contributed by atoms with E-state index in [1.54, 1.807) is 6.07 Å². The summed E-state index contributed by atoms with van der Waals surface area (Å²) >= 11 is 4.73. The molecule has 6 nitrogen and oxygen atoms in total. The van der Waals surface area contributed by atoms with Crippen LogP contribution in [0.4, 0.5) is 5.13 Å². The highest BCUT2D eigenvalue weighted by molar-refractivity contribution is 9.10. The molecule has 1 unspecified atom stereocenters. The van der Waals surface area contributed by atoms with Crippen LogP contribution in [0.1, 0.15) is 15.9 Å². The van der Waals surface area contributed by atoms with E-state index in [0.717, 1.165) is 26.4 Å². The van der Waals surface area contributed by atoms with E-state index in [1.807, 2.05) is 91.0 Å². The molecule has 0 aliphatic heterocycles. The van der Waals surface area contributed by atoms with Crippen molar-refractivity contribution >= 4 is 55.0 Å². The minimum absolute atomic E-state index is 0.316. The minimum Gasteiger partial charge on any atom is -0.340 e. The Balaban J connectivity index is 1.36. The Kier molecular flexibility index (Phi) is 7.16. The molecule has 0 radical (unpaired) electrons. The third-order valence-electron chi connectivity index (χ3n) is 5.64. The lowest BCUT2D eigenvalue weighted by Crippen LogP contribution is -2.45. The number of hydrogen-bond acceptors (Lipinski definition) is 5. The van der Waals surface area contributed by atoms with Crippen molar-refractivity contribution in [1.82, 2.24) is 15.5 Å². The van der Waals surface area contributed by atoms with Gasteiger partial charge in [-0.05, 0) is 40.6 Å². The van der Waals surface area contributed by atoms with E-state index in [-0.39, 0.29) is 11.8 Å². The molecule has 0 aliphatic rings. The van der Waals surface area contributed by atoms with Gasteiger partial charge in [-0.25, -0.2) is 0 Å². The summed E-state index contributed by atoms with van der Waals surface area (Å²) in [6.45, 7) is 0. The van der Waals surface area contributed by atoms with E-state index in [9.17, 15) is 9.59 Å². The first-order chi connectivity index (χ1) is 17.5. The number of amides is 2. The average molecular weight is 557 g/mol. The third kappa shape index (κ3) is 5.67. The number of carbonyl (C=O) groups is 2. The van der Waals surface area contributed by atoms with Gasteiger partial charge >= 0.3 is 0 Å². The zero-order valence-electron chi connectivity index (χ0n) is 19.0. The van der Waals surface area contributed by atoms with E-state index in [1.165, 1.54) is 11.3 Å².